The van der Waals surface area contributed by atoms with Gasteiger partial charge in [-0.15, -0.1) is 0 Å². The maximum Gasteiger partial charge on any atom is 0.326 e. The van der Waals surface area contributed by atoms with E-state index < -0.39 is 11.9 Å². The summed E-state index contributed by atoms with van der Waals surface area (Å²) in [7, 11) is 0. The minimum absolute atomic E-state index is 0.243. The van der Waals surface area contributed by atoms with E-state index in [1.54, 1.807) is 6.08 Å². The Kier molecular flexibility index (Phi) is 3.15. The zero-order valence-corrected chi connectivity index (χ0v) is 11.8. The molecule has 0 unspecified atom stereocenters. The third-order valence-electron chi connectivity index (χ3n) is 2.90. The van der Waals surface area contributed by atoms with Crippen molar-refractivity contribution >= 4 is 33.9 Å². The van der Waals surface area contributed by atoms with Crippen molar-refractivity contribution < 1.29 is 9.59 Å². The van der Waals surface area contributed by atoms with E-state index in [1.165, 1.54) is 0 Å². The van der Waals surface area contributed by atoms with Gasteiger partial charge >= 0.3 is 6.03 Å². The van der Waals surface area contributed by atoms with E-state index in [1.807, 2.05) is 47.2 Å². The van der Waals surface area contributed by atoms with Crippen LogP contribution in [0.2, 0.25) is 0 Å². The summed E-state index contributed by atoms with van der Waals surface area (Å²) in [6, 6.07) is 11.0. The van der Waals surface area contributed by atoms with Gasteiger partial charge in [0.25, 0.3) is 5.91 Å². The highest BCUT2D eigenvalue weighted by molar-refractivity contribution is 9.10. The van der Waals surface area contributed by atoms with E-state index in [0.29, 0.717) is 0 Å². The Morgan fingerprint density at radius 2 is 1.80 bits per heavy atom. The summed E-state index contributed by atoms with van der Waals surface area (Å²) in [5.41, 5.74) is 2.02. The van der Waals surface area contributed by atoms with Crippen LogP contribution in [0.4, 0.5) is 4.79 Å². The Morgan fingerprint density at radius 3 is 2.45 bits per heavy atom. The average Bonchev–Trinajstić information content (AvgIpc) is 2.98. The van der Waals surface area contributed by atoms with Crippen LogP contribution >= 0.6 is 15.9 Å². The molecule has 0 saturated carbocycles. The van der Waals surface area contributed by atoms with E-state index in [2.05, 4.69) is 26.6 Å². The number of benzene rings is 1. The monoisotopic (exact) mass is 331 g/mol. The Bertz CT molecular complexity index is 716. The van der Waals surface area contributed by atoms with Crippen LogP contribution in [0.25, 0.3) is 11.8 Å². The fraction of sp³-hybridized carbons (Fsp3) is 0. The minimum atomic E-state index is -0.497. The van der Waals surface area contributed by atoms with Gasteiger partial charge in [-0.05, 0) is 42.5 Å². The lowest BCUT2D eigenvalue weighted by Gasteiger charge is -2.07. The van der Waals surface area contributed by atoms with Gasteiger partial charge in [0.05, 0.1) is 0 Å². The molecule has 6 heteroatoms. The molecule has 5 nitrogen and oxygen atoms in total. The van der Waals surface area contributed by atoms with Gasteiger partial charge in [0.1, 0.15) is 5.70 Å². The molecule has 1 aliphatic heterocycles. The van der Waals surface area contributed by atoms with E-state index in [9.17, 15) is 9.59 Å². The van der Waals surface area contributed by atoms with Crippen LogP contribution in [-0.4, -0.2) is 16.5 Å². The predicted molar refractivity (Wildman–Crippen MR) is 78.1 cm³/mol. The second-order valence-electron chi connectivity index (χ2n) is 4.25. The summed E-state index contributed by atoms with van der Waals surface area (Å²) in [4.78, 5) is 22.6. The average molecular weight is 332 g/mol. The molecule has 1 aromatic carbocycles. The third kappa shape index (κ3) is 2.37. The molecule has 1 saturated heterocycles. The number of halogens is 1. The predicted octanol–water partition coefficient (Wildman–Crippen LogP) is 2.42. The summed E-state index contributed by atoms with van der Waals surface area (Å²) >= 11 is 3.39. The molecule has 2 N–H and O–H groups in total. The SMILES string of the molecule is O=C1NC(=O)C(=Cc2cccn2-c2ccc(Br)cc2)N1. The summed E-state index contributed by atoms with van der Waals surface area (Å²) in [6.07, 6.45) is 3.53. The molecule has 0 bridgehead atoms. The molecule has 0 spiro atoms. The van der Waals surface area contributed by atoms with Crippen LogP contribution < -0.4 is 10.6 Å². The van der Waals surface area contributed by atoms with E-state index in [-0.39, 0.29) is 5.70 Å². The van der Waals surface area contributed by atoms with Gasteiger partial charge in [0, 0.05) is 22.1 Å². The topological polar surface area (TPSA) is 63.1 Å². The number of amides is 3. The third-order valence-corrected chi connectivity index (χ3v) is 3.43. The number of carbonyl (C=O) groups is 2. The summed E-state index contributed by atoms with van der Waals surface area (Å²) in [6.45, 7) is 0. The lowest BCUT2D eigenvalue weighted by atomic mass is 10.3. The molecule has 2 heterocycles. The number of hydrogen-bond acceptors (Lipinski definition) is 2. The molecular weight excluding hydrogens is 322 g/mol. The van der Waals surface area contributed by atoms with Gasteiger partial charge in [-0.1, -0.05) is 15.9 Å². The molecule has 100 valence electrons. The highest BCUT2D eigenvalue weighted by atomic mass is 79.9. The normalized spacial score (nSPS) is 16.4. The van der Waals surface area contributed by atoms with E-state index in [4.69, 9.17) is 0 Å². The van der Waals surface area contributed by atoms with Crippen LogP contribution in [0.3, 0.4) is 0 Å². The standard InChI is InChI=1S/C14H10BrN3O2/c15-9-3-5-10(6-4-9)18-7-1-2-11(18)8-12-13(19)17-14(20)16-12/h1-8H,(H2,16,17,19,20). The van der Waals surface area contributed by atoms with Gasteiger partial charge in [-0.2, -0.15) is 0 Å². The first-order chi connectivity index (χ1) is 9.63. The number of urea groups is 1. The molecule has 1 fully saturated rings. The molecule has 20 heavy (non-hydrogen) atoms. The van der Waals surface area contributed by atoms with Gasteiger partial charge in [0.2, 0.25) is 0 Å². The Labute approximate surface area is 123 Å². The van der Waals surface area contributed by atoms with Crippen molar-refractivity contribution in [2.45, 2.75) is 0 Å². The maximum absolute atomic E-state index is 11.5. The van der Waals surface area contributed by atoms with Crippen LogP contribution in [-0.2, 0) is 4.79 Å². The van der Waals surface area contributed by atoms with Gasteiger partial charge in [-0.3, -0.25) is 10.1 Å². The Morgan fingerprint density at radius 1 is 1.05 bits per heavy atom. The lowest BCUT2D eigenvalue weighted by Crippen LogP contribution is -2.22. The number of rotatable bonds is 2. The number of aromatic nitrogens is 1. The number of imide groups is 1. The molecule has 3 amide bonds. The highest BCUT2D eigenvalue weighted by Crippen LogP contribution is 2.18. The van der Waals surface area contributed by atoms with Crippen molar-refractivity contribution in [2.75, 3.05) is 0 Å². The Hall–Kier alpha value is -2.34. The molecule has 1 aromatic heterocycles. The van der Waals surface area contributed by atoms with E-state index in [0.717, 1.165) is 15.9 Å². The fourth-order valence-corrected chi connectivity index (χ4v) is 2.24. The number of carbonyl (C=O) groups excluding carboxylic acids is 2. The van der Waals surface area contributed by atoms with Crippen molar-refractivity contribution in [3.8, 4) is 5.69 Å². The van der Waals surface area contributed by atoms with E-state index >= 15 is 0 Å². The van der Waals surface area contributed by atoms with Crippen LogP contribution in [0.15, 0.2) is 52.8 Å². The first kappa shape index (κ1) is 12.7. The molecule has 3 rings (SSSR count). The second kappa shape index (κ2) is 4.97. The fourth-order valence-electron chi connectivity index (χ4n) is 1.98. The first-order valence-corrected chi connectivity index (χ1v) is 6.70. The Balaban J connectivity index is 1.99. The molecule has 0 aliphatic carbocycles. The van der Waals surface area contributed by atoms with Crippen molar-refractivity contribution in [3.63, 3.8) is 0 Å². The number of nitrogens with zero attached hydrogens (tertiary/aromatic N) is 1. The summed E-state index contributed by atoms with van der Waals surface area (Å²) < 4.78 is 2.92. The van der Waals surface area contributed by atoms with Crippen LogP contribution in [0.5, 0.6) is 0 Å². The molecular formula is C14H10BrN3O2. The smallest absolute Gasteiger partial charge is 0.317 e. The molecule has 2 aromatic rings. The van der Waals surface area contributed by atoms with Gasteiger partial charge < -0.3 is 9.88 Å². The van der Waals surface area contributed by atoms with Crippen molar-refractivity contribution in [1.29, 1.82) is 0 Å². The van der Waals surface area contributed by atoms with Gasteiger partial charge in [0.15, 0.2) is 0 Å². The van der Waals surface area contributed by atoms with Crippen molar-refractivity contribution in [1.82, 2.24) is 15.2 Å². The minimum Gasteiger partial charge on any atom is -0.317 e. The summed E-state index contributed by atoms with van der Waals surface area (Å²) in [5, 5.41) is 4.64. The lowest BCUT2D eigenvalue weighted by molar-refractivity contribution is -0.115. The number of hydrogen-bond donors (Lipinski definition) is 2. The first-order valence-electron chi connectivity index (χ1n) is 5.91. The molecule has 0 atom stereocenters. The molecule has 0 radical (unpaired) electrons. The molecule has 1 aliphatic rings. The zero-order chi connectivity index (χ0) is 14.1. The largest absolute Gasteiger partial charge is 0.326 e. The van der Waals surface area contributed by atoms with Gasteiger partial charge in [-0.25, -0.2) is 4.79 Å². The quantitative estimate of drug-likeness (QED) is 0.655. The van der Waals surface area contributed by atoms with Crippen molar-refractivity contribution in [3.05, 3.63) is 58.5 Å². The van der Waals surface area contributed by atoms with Crippen LogP contribution in [0, 0.1) is 0 Å². The van der Waals surface area contributed by atoms with Crippen LogP contribution in [0.1, 0.15) is 5.69 Å². The second-order valence-corrected chi connectivity index (χ2v) is 5.16. The summed E-state index contributed by atoms with van der Waals surface area (Å²) in [5.74, 6) is -0.418. The maximum atomic E-state index is 11.5. The number of nitrogens with one attached hydrogen (secondary N) is 2. The highest BCUT2D eigenvalue weighted by Gasteiger charge is 2.23. The zero-order valence-electron chi connectivity index (χ0n) is 10.3. The van der Waals surface area contributed by atoms with Crippen molar-refractivity contribution in [2.24, 2.45) is 0 Å².